The number of imide groups is 1. The Hall–Kier alpha value is -2.64. The van der Waals surface area contributed by atoms with Crippen LogP contribution in [0.5, 0.6) is 0 Å². The van der Waals surface area contributed by atoms with Crippen LogP contribution in [0.25, 0.3) is 0 Å². The summed E-state index contributed by atoms with van der Waals surface area (Å²) < 4.78 is 0. The fourth-order valence-corrected chi connectivity index (χ4v) is 3.37. The van der Waals surface area contributed by atoms with Crippen molar-refractivity contribution in [1.29, 1.82) is 0 Å². The first-order chi connectivity index (χ1) is 11.5. The van der Waals surface area contributed by atoms with Gasteiger partial charge in [-0.25, -0.2) is 4.79 Å². The summed E-state index contributed by atoms with van der Waals surface area (Å²) >= 11 is 0. The third-order valence-electron chi connectivity index (χ3n) is 4.54. The molecule has 1 heterocycles. The number of benzene rings is 1. The molecule has 0 spiro atoms. The third kappa shape index (κ3) is 3.64. The summed E-state index contributed by atoms with van der Waals surface area (Å²) in [4.78, 5) is 36.1. The van der Waals surface area contributed by atoms with Crippen LogP contribution in [-0.4, -0.2) is 36.0 Å². The van der Waals surface area contributed by atoms with Crippen LogP contribution in [0.1, 0.15) is 31.2 Å². The van der Waals surface area contributed by atoms with E-state index >= 15 is 0 Å². The average molecular weight is 332 g/mol. The average Bonchev–Trinajstić information content (AvgIpc) is 3.16. The van der Waals surface area contributed by atoms with E-state index in [0.29, 0.717) is 13.0 Å². The molecule has 1 aliphatic carbocycles. The van der Waals surface area contributed by atoms with Gasteiger partial charge in [0.15, 0.2) is 0 Å². The fourth-order valence-electron chi connectivity index (χ4n) is 3.37. The van der Waals surface area contributed by atoms with Crippen molar-refractivity contribution in [1.82, 2.24) is 10.6 Å². The molecule has 1 aliphatic heterocycles. The monoisotopic (exact) mass is 332 g/mol. The molecule has 1 fully saturated rings. The van der Waals surface area contributed by atoms with Gasteiger partial charge in [0.05, 0.1) is 11.5 Å². The summed E-state index contributed by atoms with van der Waals surface area (Å²) in [6, 6.07) is 4.34. The zero-order valence-corrected chi connectivity index (χ0v) is 13.3. The molecule has 8 heteroatoms. The minimum Gasteiger partial charge on any atom is -0.362 e. The number of nitro benzene ring substituents is 1. The molecule has 24 heavy (non-hydrogen) atoms. The highest BCUT2D eigenvalue weighted by atomic mass is 16.6. The van der Waals surface area contributed by atoms with E-state index < -0.39 is 11.0 Å². The van der Waals surface area contributed by atoms with E-state index in [2.05, 4.69) is 10.6 Å². The van der Waals surface area contributed by atoms with E-state index in [4.69, 9.17) is 0 Å². The second-order valence-electron chi connectivity index (χ2n) is 6.24. The summed E-state index contributed by atoms with van der Waals surface area (Å²) in [6.45, 7) is 0.664. The summed E-state index contributed by atoms with van der Waals surface area (Å²) in [5, 5.41) is 16.0. The Morgan fingerprint density at radius 3 is 2.75 bits per heavy atom. The highest BCUT2D eigenvalue weighted by Gasteiger charge is 2.24. The van der Waals surface area contributed by atoms with Crippen LogP contribution in [-0.2, 0) is 11.2 Å². The number of amides is 3. The lowest BCUT2D eigenvalue weighted by Gasteiger charge is -2.19. The van der Waals surface area contributed by atoms with Crippen molar-refractivity contribution in [3.05, 3.63) is 33.9 Å². The molecular weight excluding hydrogens is 312 g/mol. The van der Waals surface area contributed by atoms with Gasteiger partial charge in [0, 0.05) is 30.4 Å². The molecule has 128 valence electrons. The predicted octanol–water partition coefficient (Wildman–Crippen LogP) is 1.73. The van der Waals surface area contributed by atoms with Crippen LogP contribution in [0.3, 0.4) is 0 Å². The molecule has 0 atom stereocenters. The van der Waals surface area contributed by atoms with E-state index in [0.717, 1.165) is 36.9 Å². The summed E-state index contributed by atoms with van der Waals surface area (Å²) in [7, 11) is 0. The Kier molecular flexibility index (Phi) is 4.64. The normalized spacial score (nSPS) is 16.8. The maximum Gasteiger partial charge on any atom is 0.321 e. The predicted molar refractivity (Wildman–Crippen MR) is 87.9 cm³/mol. The molecular formula is C16H20N4O4. The SMILES string of the molecule is O=C(CN1CCc2cc([N+](=O)[O-])ccc21)NC(=O)NC1CCCC1. The minimum absolute atomic E-state index is 0.0518. The van der Waals surface area contributed by atoms with Gasteiger partial charge in [0.2, 0.25) is 5.91 Å². The number of anilines is 1. The van der Waals surface area contributed by atoms with Crippen molar-refractivity contribution in [2.75, 3.05) is 18.0 Å². The molecule has 8 nitrogen and oxygen atoms in total. The minimum atomic E-state index is -0.449. The number of fused-ring (bicyclic) bond motifs is 1. The molecule has 0 bridgehead atoms. The molecule has 0 radical (unpaired) electrons. The summed E-state index contributed by atoms with van der Waals surface area (Å²) in [5.74, 6) is -0.378. The van der Waals surface area contributed by atoms with Gasteiger partial charge in [-0.05, 0) is 30.9 Å². The fraction of sp³-hybridized carbons (Fsp3) is 0.500. The Labute approximate surface area is 139 Å². The lowest BCUT2D eigenvalue weighted by molar-refractivity contribution is -0.384. The van der Waals surface area contributed by atoms with Gasteiger partial charge in [-0.3, -0.25) is 20.2 Å². The van der Waals surface area contributed by atoms with Crippen LogP contribution in [0.4, 0.5) is 16.2 Å². The Morgan fingerprint density at radius 1 is 1.29 bits per heavy atom. The van der Waals surface area contributed by atoms with Crippen molar-refractivity contribution >= 4 is 23.3 Å². The molecule has 3 rings (SSSR count). The number of hydrogen-bond donors (Lipinski definition) is 2. The molecule has 3 amide bonds. The molecule has 2 aliphatic rings. The second kappa shape index (κ2) is 6.86. The number of rotatable bonds is 4. The number of nitrogens with one attached hydrogen (secondary N) is 2. The van der Waals surface area contributed by atoms with Gasteiger partial charge in [-0.1, -0.05) is 12.8 Å². The largest absolute Gasteiger partial charge is 0.362 e. The number of non-ortho nitro benzene ring substituents is 1. The number of urea groups is 1. The molecule has 1 aromatic carbocycles. The molecule has 1 aromatic rings. The lowest BCUT2D eigenvalue weighted by atomic mass is 10.1. The first-order valence-corrected chi connectivity index (χ1v) is 8.15. The number of nitrogens with zero attached hydrogens (tertiary/aromatic N) is 2. The van der Waals surface area contributed by atoms with Crippen LogP contribution < -0.4 is 15.5 Å². The number of nitro groups is 1. The van der Waals surface area contributed by atoms with Crippen molar-refractivity contribution in [3.63, 3.8) is 0 Å². The van der Waals surface area contributed by atoms with Gasteiger partial charge in [0.1, 0.15) is 0 Å². The molecule has 1 saturated carbocycles. The first-order valence-electron chi connectivity index (χ1n) is 8.15. The topological polar surface area (TPSA) is 105 Å². The van der Waals surface area contributed by atoms with Gasteiger partial charge in [0.25, 0.3) is 5.69 Å². The molecule has 0 aromatic heterocycles. The van der Waals surface area contributed by atoms with Crippen molar-refractivity contribution in [3.8, 4) is 0 Å². The zero-order valence-electron chi connectivity index (χ0n) is 13.3. The van der Waals surface area contributed by atoms with E-state index in [-0.39, 0.29) is 24.2 Å². The van der Waals surface area contributed by atoms with Crippen LogP contribution in [0.15, 0.2) is 18.2 Å². The van der Waals surface area contributed by atoms with Crippen molar-refractivity contribution in [2.45, 2.75) is 38.1 Å². The Balaban J connectivity index is 1.54. The smallest absolute Gasteiger partial charge is 0.321 e. The van der Waals surface area contributed by atoms with Gasteiger partial charge >= 0.3 is 6.03 Å². The molecule has 0 saturated heterocycles. The van der Waals surface area contributed by atoms with Crippen molar-refractivity contribution in [2.24, 2.45) is 0 Å². The van der Waals surface area contributed by atoms with Gasteiger partial charge < -0.3 is 10.2 Å². The second-order valence-corrected chi connectivity index (χ2v) is 6.24. The first kappa shape index (κ1) is 16.2. The van der Waals surface area contributed by atoms with Gasteiger partial charge in [-0.15, -0.1) is 0 Å². The maximum absolute atomic E-state index is 12.0. The van der Waals surface area contributed by atoms with Crippen LogP contribution >= 0.6 is 0 Å². The van der Waals surface area contributed by atoms with E-state index in [1.807, 2.05) is 4.90 Å². The number of hydrogen-bond acceptors (Lipinski definition) is 5. The Bertz CT molecular complexity index is 670. The standard InChI is InChI=1S/C16H20N4O4/c21-15(18-16(22)17-12-3-1-2-4-12)10-19-8-7-11-9-13(20(23)24)5-6-14(11)19/h5-6,9,12H,1-4,7-8,10H2,(H2,17,18,21,22). The Morgan fingerprint density at radius 2 is 2.04 bits per heavy atom. The maximum atomic E-state index is 12.0. The van der Waals surface area contributed by atoms with Gasteiger partial charge in [-0.2, -0.15) is 0 Å². The summed E-state index contributed by atoms with van der Waals surface area (Å²) in [6.07, 6.45) is 4.78. The lowest BCUT2D eigenvalue weighted by Crippen LogP contribution is -2.46. The highest BCUT2D eigenvalue weighted by molar-refractivity contribution is 5.96. The molecule has 2 N–H and O–H groups in total. The quantitative estimate of drug-likeness (QED) is 0.645. The van der Waals surface area contributed by atoms with Crippen LogP contribution in [0.2, 0.25) is 0 Å². The van der Waals surface area contributed by atoms with E-state index in [1.54, 1.807) is 12.1 Å². The van der Waals surface area contributed by atoms with E-state index in [1.165, 1.54) is 6.07 Å². The highest BCUT2D eigenvalue weighted by Crippen LogP contribution is 2.30. The zero-order chi connectivity index (χ0) is 17.1. The molecule has 0 unspecified atom stereocenters. The number of carbonyl (C=O) groups is 2. The third-order valence-corrected chi connectivity index (χ3v) is 4.54. The number of carbonyl (C=O) groups excluding carboxylic acids is 2. The van der Waals surface area contributed by atoms with Crippen LogP contribution in [0, 0.1) is 10.1 Å². The van der Waals surface area contributed by atoms with Crippen molar-refractivity contribution < 1.29 is 14.5 Å². The van der Waals surface area contributed by atoms with E-state index in [9.17, 15) is 19.7 Å². The summed E-state index contributed by atoms with van der Waals surface area (Å²) in [5.41, 5.74) is 1.72.